The topological polar surface area (TPSA) is 61.3 Å². The van der Waals surface area contributed by atoms with E-state index in [2.05, 4.69) is 30.9 Å². The predicted octanol–water partition coefficient (Wildman–Crippen LogP) is 3.78. The number of halogens is 1. The van der Waals surface area contributed by atoms with Crippen LogP contribution in [-0.2, 0) is 0 Å². The van der Waals surface area contributed by atoms with Crippen molar-refractivity contribution in [3.8, 4) is 5.75 Å². The molecule has 0 aliphatic carbocycles. The third kappa shape index (κ3) is 2.51. The van der Waals surface area contributed by atoms with Gasteiger partial charge in [-0.15, -0.1) is 0 Å². The van der Waals surface area contributed by atoms with E-state index < -0.39 is 0 Å². The molecule has 4 nitrogen and oxygen atoms in total. The summed E-state index contributed by atoms with van der Waals surface area (Å²) in [4.78, 5) is 11.6. The molecule has 0 aliphatic heterocycles. The molecule has 3 rings (SSSR count). The van der Waals surface area contributed by atoms with Gasteiger partial charge in [0.2, 0.25) is 0 Å². The number of nitrogens with one attached hydrogen (secondary N) is 1. The normalized spacial score (nSPS) is 11.4. The van der Waals surface area contributed by atoms with E-state index in [-0.39, 0.29) is 5.75 Å². The molecule has 0 fully saturated rings. The fourth-order valence-electron chi connectivity index (χ4n) is 1.77. The molecule has 19 heavy (non-hydrogen) atoms. The van der Waals surface area contributed by atoms with Crippen molar-refractivity contribution in [3.63, 3.8) is 0 Å². The number of aromatic hydroxyl groups is 1. The van der Waals surface area contributed by atoms with Gasteiger partial charge in [0.25, 0.3) is 0 Å². The first-order valence-electron chi connectivity index (χ1n) is 5.68. The number of aromatic nitrogens is 2. The Bertz CT molecular complexity index is 764. The lowest BCUT2D eigenvalue weighted by molar-refractivity contribution is 0.474. The molecule has 0 radical (unpaired) electrons. The Balaban J connectivity index is 1.95. The summed E-state index contributed by atoms with van der Waals surface area (Å²) in [5.74, 6) is 0.202. The van der Waals surface area contributed by atoms with Crippen molar-refractivity contribution < 1.29 is 5.11 Å². The second-order valence-corrected chi connectivity index (χ2v) is 4.98. The van der Waals surface area contributed by atoms with E-state index in [1.54, 1.807) is 24.7 Å². The van der Waals surface area contributed by atoms with E-state index in [1.165, 1.54) is 0 Å². The van der Waals surface area contributed by atoms with Crippen molar-refractivity contribution in [1.29, 1.82) is 0 Å². The Morgan fingerprint density at radius 1 is 1.21 bits per heavy atom. The lowest BCUT2D eigenvalue weighted by atomic mass is 10.2. The monoisotopic (exact) mass is 315 g/mol. The Kier molecular flexibility index (Phi) is 3.05. The Hall–Kier alpha value is -2.14. The number of imidazole rings is 1. The van der Waals surface area contributed by atoms with Gasteiger partial charge in [-0.2, -0.15) is 0 Å². The van der Waals surface area contributed by atoms with Crippen LogP contribution in [0.2, 0.25) is 0 Å². The summed E-state index contributed by atoms with van der Waals surface area (Å²) in [5, 5.41) is 9.72. The minimum atomic E-state index is 0.202. The standard InChI is InChI=1S/C14H10BrN3O/c15-10-1-4-14(19)9(5-10)7-16-11-2-3-12-13(6-11)18-8-17-12/h1-8,19H,(H,17,18)/b16-7+. The SMILES string of the molecule is Oc1ccc(Br)cc1/C=N/c1ccc2[nH]cnc2c1. The maximum Gasteiger partial charge on any atom is 0.124 e. The quantitative estimate of drug-likeness (QED) is 0.707. The fraction of sp³-hybridized carbons (Fsp3) is 0. The summed E-state index contributed by atoms with van der Waals surface area (Å²) < 4.78 is 0.898. The summed E-state index contributed by atoms with van der Waals surface area (Å²) in [5.41, 5.74) is 3.30. The number of aromatic amines is 1. The smallest absolute Gasteiger partial charge is 0.124 e. The number of fused-ring (bicyclic) bond motifs is 1. The van der Waals surface area contributed by atoms with Crippen molar-refractivity contribution in [2.75, 3.05) is 0 Å². The molecule has 0 saturated heterocycles. The van der Waals surface area contributed by atoms with Crippen molar-refractivity contribution in [2.45, 2.75) is 0 Å². The van der Waals surface area contributed by atoms with Crippen LogP contribution < -0.4 is 0 Å². The molecule has 0 saturated carbocycles. The van der Waals surface area contributed by atoms with Crippen molar-refractivity contribution in [3.05, 3.63) is 52.8 Å². The highest BCUT2D eigenvalue weighted by Crippen LogP contribution is 2.22. The van der Waals surface area contributed by atoms with Gasteiger partial charge in [-0.3, -0.25) is 4.99 Å². The van der Waals surface area contributed by atoms with E-state index in [4.69, 9.17) is 0 Å². The highest BCUT2D eigenvalue weighted by atomic mass is 79.9. The van der Waals surface area contributed by atoms with Gasteiger partial charge < -0.3 is 10.1 Å². The molecule has 2 aromatic carbocycles. The fourth-order valence-corrected chi connectivity index (χ4v) is 2.15. The van der Waals surface area contributed by atoms with Gasteiger partial charge in [0.05, 0.1) is 23.0 Å². The molecule has 0 spiro atoms. The van der Waals surface area contributed by atoms with E-state index >= 15 is 0 Å². The first-order valence-corrected chi connectivity index (χ1v) is 6.47. The summed E-state index contributed by atoms with van der Waals surface area (Å²) in [6.07, 6.45) is 3.28. The lowest BCUT2D eigenvalue weighted by Crippen LogP contribution is -1.82. The van der Waals surface area contributed by atoms with Crippen molar-refractivity contribution >= 4 is 38.9 Å². The summed E-state index contributed by atoms with van der Waals surface area (Å²) in [6, 6.07) is 10.9. The summed E-state index contributed by atoms with van der Waals surface area (Å²) in [6.45, 7) is 0. The average Bonchev–Trinajstić information content (AvgIpc) is 2.87. The number of H-pyrrole nitrogens is 1. The van der Waals surface area contributed by atoms with Crippen LogP contribution in [0.3, 0.4) is 0 Å². The van der Waals surface area contributed by atoms with Crippen LogP contribution >= 0.6 is 15.9 Å². The Labute approximate surface area is 118 Å². The van der Waals surface area contributed by atoms with Crippen LogP contribution in [0, 0.1) is 0 Å². The molecule has 1 heterocycles. The summed E-state index contributed by atoms with van der Waals surface area (Å²) >= 11 is 3.36. The van der Waals surface area contributed by atoms with E-state index in [1.807, 2.05) is 24.3 Å². The van der Waals surface area contributed by atoms with Gasteiger partial charge in [-0.05, 0) is 36.4 Å². The van der Waals surface area contributed by atoms with Crippen LogP contribution in [0.1, 0.15) is 5.56 Å². The zero-order valence-corrected chi connectivity index (χ0v) is 11.4. The molecule has 0 atom stereocenters. The van der Waals surface area contributed by atoms with Gasteiger partial charge >= 0.3 is 0 Å². The van der Waals surface area contributed by atoms with Crippen molar-refractivity contribution in [2.24, 2.45) is 4.99 Å². The van der Waals surface area contributed by atoms with Gasteiger partial charge in [-0.25, -0.2) is 4.98 Å². The molecule has 0 unspecified atom stereocenters. The minimum Gasteiger partial charge on any atom is -0.507 e. The molecule has 0 bridgehead atoms. The lowest BCUT2D eigenvalue weighted by Gasteiger charge is -1.99. The van der Waals surface area contributed by atoms with Gasteiger partial charge in [-0.1, -0.05) is 15.9 Å². The number of rotatable bonds is 2. The zero-order chi connectivity index (χ0) is 13.2. The zero-order valence-electron chi connectivity index (χ0n) is 9.84. The molecule has 0 amide bonds. The molecule has 1 aromatic heterocycles. The predicted molar refractivity (Wildman–Crippen MR) is 79.2 cm³/mol. The molecule has 0 aliphatic rings. The van der Waals surface area contributed by atoms with Crippen LogP contribution in [0.15, 0.2) is 52.2 Å². The van der Waals surface area contributed by atoms with Crippen LogP contribution in [0.25, 0.3) is 11.0 Å². The van der Waals surface area contributed by atoms with Crippen LogP contribution in [-0.4, -0.2) is 21.3 Å². The van der Waals surface area contributed by atoms with Crippen LogP contribution in [0.5, 0.6) is 5.75 Å². The molecular weight excluding hydrogens is 306 g/mol. The number of hydrogen-bond acceptors (Lipinski definition) is 3. The average molecular weight is 316 g/mol. The second kappa shape index (κ2) is 4.85. The number of phenols is 1. The summed E-state index contributed by atoms with van der Waals surface area (Å²) in [7, 11) is 0. The minimum absolute atomic E-state index is 0.202. The molecule has 94 valence electrons. The first kappa shape index (κ1) is 11.9. The number of phenolic OH excluding ortho intramolecular Hbond substituents is 1. The van der Waals surface area contributed by atoms with Gasteiger partial charge in [0.15, 0.2) is 0 Å². The maximum atomic E-state index is 9.72. The Morgan fingerprint density at radius 3 is 3.00 bits per heavy atom. The van der Waals surface area contributed by atoms with Crippen LogP contribution in [0.4, 0.5) is 5.69 Å². The van der Waals surface area contributed by atoms with E-state index in [0.717, 1.165) is 21.2 Å². The second-order valence-electron chi connectivity index (χ2n) is 4.07. The molecule has 2 N–H and O–H groups in total. The number of hydrogen-bond donors (Lipinski definition) is 2. The number of aliphatic imine (C=N–C) groups is 1. The van der Waals surface area contributed by atoms with Gasteiger partial charge in [0, 0.05) is 16.3 Å². The van der Waals surface area contributed by atoms with E-state index in [9.17, 15) is 5.11 Å². The van der Waals surface area contributed by atoms with Gasteiger partial charge in [0.1, 0.15) is 5.75 Å². The number of nitrogens with zero attached hydrogens (tertiary/aromatic N) is 2. The molecular formula is C14H10BrN3O. The largest absolute Gasteiger partial charge is 0.507 e. The highest BCUT2D eigenvalue weighted by Gasteiger charge is 2.00. The molecule has 3 aromatic rings. The first-order chi connectivity index (χ1) is 9.22. The maximum absolute atomic E-state index is 9.72. The molecule has 5 heteroatoms. The van der Waals surface area contributed by atoms with E-state index in [0.29, 0.717) is 5.56 Å². The Morgan fingerprint density at radius 2 is 2.11 bits per heavy atom. The third-order valence-corrected chi connectivity index (χ3v) is 3.24. The third-order valence-electron chi connectivity index (χ3n) is 2.75. The van der Waals surface area contributed by atoms with Crippen molar-refractivity contribution in [1.82, 2.24) is 9.97 Å². The number of benzene rings is 2. The highest BCUT2D eigenvalue weighted by molar-refractivity contribution is 9.10.